The number of aromatic nitrogens is 2. The largest absolute Gasteiger partial charge is 0.356 e. The molecule has 1 N–H and O–H groups in total. The van der Waals surface area contributed by atoms with Crippen LogP contribution < -0.4 is 5.32 Å². The van der Waals surface area contributed by atoms with E-state index in [1.807, 2.05) is 37.3 Å². The van der Waals surface area contributed by atoms with Gasteiger partial charge in [0, 0.05) is 24.9 Å². The van der Waals surface area contributed by atoms with E-state index in [2.05, 4.69) is 15.5 Å². The second-order valence-corrected chi connectivity index (χ2v) is 6.49. The van der Waals surface area contributed by atoms with Crippen LogP contribution in [0.15, 0.2) is 59.1 Å². The van der Waals surface area contributed by atoms with Crippen LogP contribution in [0.5, 0.6) is 0 Å². The predicted molar refractivity (Wildman–Crippen MR) is 100 cm³/mol. The molecular formula is C21H22FN3O2. The zero-order valence-corrected chi connectivity index (χ0v) is 15.2. The molecule has 1 amide bonds. The highest BCUT2D eigenvalue weighted by molar-refractivity contribution is 5.76. The van der Waals surface area contributed by atoms with Crippen LogP contribution in [0, 0.1) is 5.82 Å². The standard InChI is InChI=1S/C21H22FN3O2/c1-15(16-9-11-18(22)12-10-16)14-19(26)23-13-5-8-20-24-21(25-27-20)17-6-3-2-4-7-17/h2-4,6-7,9-12,15H,5,8,13-14H2,1H3,(H,23,26). The molecule has 0 aliphatic rings. The molecule has 0 aliphatic heterocycles. The number of halogens is 1. The monoisotopic (exact) mass is 367 g/mol. The summed E-state index contributed by atoms with van der Waals surface area (Å²) in [6.07, 6.45) is 1.69. The van der Waals surface area contributed by atoms with Crippen LogP contribution in [0.3, 0.4) is 0 Å². The minimum absolute atomic E-state index is 0.0256. The van der Waals surface area contributed by atoms with Gasteiger partial charge in [-0.1, -0.05) is 54.5 Å². The van der Waals surface area contributed by atoms with Crippen LogP contribution in [0.2, 0.25) is 0 Å². The van der Waals surface area contributed by atoms with Gasteiger partial charge in [-0.15, -0.1) is 0 Å². The molecule has 0 saturated heterocycles. The Morgan fingerprint density at radius 2 is 1.89 bits per heavy atom. The summed E-state index contributed by atoms with van der Waals surface area (Å²) in [7, 11) is 0. The van der Waals surface area contributed by atoms with Crippen molar-refractivity contribution in [3.05, 3.63) is 71.9 Å². The Hall–Kier alpha value is -3.02. The Morgan fingerprint density at radius 3 is 2.63 bits per heavy atom. The number of nitrogens with one attached hydrogen (secondary N) is 1. The summed E-state index contributed by atoms with van der Waals surface area (Å²) in [4.78, 5) is 16.4. The van der Waals surface area contributed by atoms with E-state index < -0.39 is 0 Å². The lowest BCUT2D eigenvalue weighted by atomic mass is 9.97. The number of nitrogens with zero attached hydrogens (tertiary/aromatic N) is 2. The zero-order valence-electron chi connectivity index (χ0n) is 15.2. The van der Waals surface area contributed by atoms with Crippen molar-refractivity contribution in [1.29, 1.82) is 0 Å². The quantitative estimate of drug-likeness (QED) is 0.608. The van der Waals surface area contributed by atoms with Gasteiger partial charge in [-0.3, -0.25) is 4.79 Å². The summed E-state index contributed by atoms with van der Waals surface area (Å²) in [5.74, 6) is 0.870. The highest BCUT2D eigenvalue weighted by Gasteiger charge is 2.12. The van der Waals surface area contributed by atoms with Gasteiger partial charge in [-0.2, -0.15) is 4.98 Å². The van der Waals surface area contributed by atoms with Gasteiger partial charge in [-0.05, 0) is 30.0 Å². The molecule has 27 heavy (non-hydrogen) atoms. The third kappa shape index (κ3) is 5.48. The Kier molecular flexibility index (Phi) is 6.30. The third-order valence-electron chi connectivity index (χ3n) is 4.32. The molecule has 0 fully saturated rings. The summed E-state index contributed by atoms with van der Waals surface area (Å²) < 4.78 is 18.2. The van der Waals surface area contributed by atoms with Gasteiger partial charge < -0.3 is 9.84 Å². The predicted octanol–water partition coefficient (Wildman–Crippen LogP) is 4.12. The van der Waals surface area contributed by atoms with Crippen molar-refractivity contribution in [2.45, 2.75) is 32.1 Å². The molecule has 0 bridgehead atoms. The van der Waals surface area contributed by atoms with Gasteiger partial charge in [0.05, 0.1) is 0 Å². The fraction of sp³-hybridized carbons (Fsp3) is 0.286. The lowest BCUT2D eigenvalue weighted by Gasteiger charge is -2.11. The van der Waals surface area contributed by atoms with E-state index in [1.165, 1.54) is 12.1 Å². The molecule has 1 unspecified atom stereocenters. The number of hydrogen-bond acceptors (Lipinski definition) is 4. The van der Waals surface area contributed by atoms with Crippen LogP contribution >= 0.6 is 0 Å². The number of carbonyl (C=O) groups excluding carboxylic acids is 1. The van der Waals surface area contributed by atoms with Gasteiger partial charge in [0.2, 0.25) is 17.6 Å². The van der Waals surface area contributed by atoms with Crippen molar-refractivity contribution in [2.75, 3.05) is 6.54 Å². The van der Waals surface area contributed by atoms with E-state index in [-0.39, 0.29) is 17.6 Å². The maximum atomic E-state index is 13.0. The Balaban J connectivity index is 1.39. The zero-order chi connectivity index (χ0) is 19.1. The SMILES string of the molecule is CC(CC(=O)NCCCc1nc(-c2ccccc2)no1)c1ccc(F)cc1. The smallest absolute Gasteiger partial charge is 0.227 e. The maximum Gasteiger partial charge on any atom is 0.227 e. The van der Waals surface area contributed by atoms with E-state index in [4.69, 9.17) is 4.52 Å². The van der Waals surface area contributed by atoms with Crippen LogP contribution in [-0.4, -0.2) is 22.6 Å². The van der Waals surface area contributed by atoms with Crippen LogP contribution in [0.1, 0.15) is 37.1 Å². The van der Waals surface area contributed by atoms with Gasteiger partial charge in [0.15, 0.2) is 0 Å². The molecule has 1 atom stereocenters. The molecule has 6 heteroatoms. The lowest BCUT2D eigenvalue weighted by molar-refractivity contribution is -0.121. The van der Waals surface area contributed by atoms with E-state index in [9.17, 15) is 9.18 Å². The number of amides is 1. The van der Waals surface area contributed by atoms with Gasteiger partial charge >= 0.3 is 0 Å². The molecule has 3 aromatic rings. The Labute approximate surface area is 157 Å². The molecule has 5 nitrogen and oxygen atoms in total. The molecule has 0 aliphatic carbocycles. The number of benzene rings is 2. The maximum absolute atomic E-state index is 13.0. The van der Waals surface area contributed by atoms with Gasteiger partial charge in [-0.25, -0.2) is 4.39 Å². The first-order valence-corrected chi connectivity index (χ1v) is 9.02. The van der Waals surface area contributed by atoms with E-state index in [1.54, 1.807) is 12.1 Å². The van der Waals surface area contributed by atoms with Gasteiger partial charge in [0.25, 0.3) is 0 Å². The number of carbonyl (C=O) groups is 1. The van der Waals surface area contributed by atoms with E-state index in [0.29, 0.717) is 37.5 Å². The van der Waals surface area contributed by atoms with Crippen LogP contribution in [0.4, 0.5) is 4.39 Å². The molecule has 140 valence electrons. The van der Waals surface area contributed by atoms with E-state index >= 15 is 0 Å². The third-order valence-corrected chi connectivity index (χ3v) is 4.32. The van der Waals surface area contributed by atoms with Crippen molar-refractivity contribution in [1.82, 2.24) is 15.5 Å². The van der Waals surface area contributed by atoms with E-state index in [0.717, 1.165) is 11.1 Å². The number of aryl methyl sites for hydroxylation is 1. The highest BCUT2D eigenvalue weighted by Crippen LogP contribution is 2.19. The molecule has 0 saturated carbocycles. The Bertz CT molecular complexity index is 863. The van der Waals surface area contributed by atoms with Gasteiger partial charge in [0.1, 0.15) is 5.82 Å². The summed E-state index contributed by atoms with van der Waals surface area (Å²) in [5, 5.41) is 6.88. The second-order valence-electron chi connectivity index (χ2n) is 6.49. The lowest BCUT2D eigenvalue weighted by Crippen LogP contribution is -2.25. The highest BCUT2D eigenvalue weighted by atomic mass is 19.1. The average Bonchev–Trinajstić information content (AvgIpc) is 3.15. The van der Waals surface area contributed by atoms with Crippen molar-refractivity contribution >= 4 is 5.91 Å². The van der Waals surface area contributed by atoms with Crippen molar-refractivity contribution < 1.29 is 13.7 Å². The van der Waals surface area contributed by atoms with Crippen molar-refractivity contribution in [3.8, 4) is 11.4 Å². The minimum atomic E-state index is -0.271. The summed E-state index contributed by atoms with van der Waals surface area (Å²) >= 11 is 0. The molecule has 0 radical (unpaired) electrons. The van der Waals surface area contributed by atoms with Crippen LogP contribution in [-0.2, 0) is 11.2 Å². The summed E-state index contributed by atoms with van der Waals surface area (Å²) in [6, 6.07) is 15.9. The molecule has 1 heterocycles. The first-order valence-electron chi connectivity index (χ1n) is 9.02. The first-order chi connectivity index (χ1) is 13.1. The average molecular weight is 367 g/mol. The molecule has 0 spiro atoms. The first kappa shape index (κ1) is 18.8. The number of hydrogen-bond donors (Lipinski definition) is 1. The minimum Gasteiger partial charge on any atom is -0.356 e. The topological polar surface area (TPSA) is 68.0 Å². The molecule has 3 rings (SSSR count). The summed E-state index contributed by atoms with van der Waals surface area (Å²) in [6.45, 7) is 2.49. The van der Waals surface area contributed by atoms with Crippen molar-refractivity contribution in [2.24, 2.45) is 0 Å². The second kappa shape index (κ2) is 9.07. The fourth-order valence-electron chi connectivity index (χ4n) is 2.79. The van der Waals surface area contributed by atoms with Crippen LogP contribution in [0.25, 0.3) is 11.4 Å². The molecule has 2 aromatic carbocycles. The normalized spacial score (nSPS) is 11.9. The Morgan fingerprint density at radius 1 is 1.15 bits per heavy atom. The molecule has 1 aromatic heterocycles. The number of rotatable bonds is 8. The summed E-state index contributed by atoms with van der Waals surface area (Å²) in [5.41, 5.74) is 1.86. The molecular weight excluding hydrogens is 345 g/mol. The van der Waals surface area contributed by atoms with Crippen molar-refractivity contribution in [3.63, 3.8) is 0 Å². The fourth-order valence-corrected chi connectivity index (χ4v) is 2.79.